The highest BCUT2D eigenvalue weighted by atomic mass is 16.6. The smallest absolute Gasteiger partial charge is 0.306 e. The summed E-state index contributed by atoms with van der Waals surface area (Å²) in [5, 5.41) is 0. The number of hydrogen-bond acceptors (Lipinski definition) is 6. The van der Waals surface area contributed by atoms with E-state index < -0.39 is 6.10 Å². The molecule has 314 valence electrons. The van der Waals surface area contributed by atoms with Crippen molar-refractivity contribution in [1.29, 1.82) is 0 Å². The van der Waals surface area contributed by atoms with Gasteiger partial charge in [0.2, 0.25) is 0 Å². The first-order chi connectivity index (χ1) is 26.0. The molecule has 0 amide bonds. The molecule has 0 aromatic rings. The first-order valence-electron chi connectivity index (χ1n) is 23.5. The number of hydrogen-bond donors (Lipinski definition) is 0. The second-order valence-electron chi connectivity index (χ2n) is 16.0. The summed E-state index contributed by atoms with van der Waals surface area (Å²) in [7, 11) is 0. The van der Waals surface area contributed by atoms with Gasteiger partial charge >= 0.3 is 17.9 Å². The summed E-state index contributed by atoms with van der Waals surface area (Å²) in [5.41, 5.74) is 0. The summed E-state index contributed by atoms with van der Waals surface area (Å²) in [6, 6.07) is 0. The van der Waals surface area contributed by atoms with Crippen LogP contribution in [0.1, 0.15) is 265 Å². The van der Waals surface area contributed by atoms with Gasteiger partial charge in [-0.2, -0.15) is 0 Å². The summed E-state index contributed by atoms with van der Waals surface area (Å²) in [5.74, 6) is -0.865. The van der Waals surface area contributed by atoms with Crippen molar-refractivity contribution in [2.75, 3.05) is 13.2 Å². The van der Waals surface area contributed by atoms with E-state index in [2.05, 4.69) is 20.8 Å². The van der Waals surface area contributed by atoms with Crippen molar-refractivity contribution in [3.63, 3.8) is 0 Å². The van der Waals surface area contributed by atoms with Crippen molar-refractivity contribution in [2.24, 2.45) is 0 Å². The lowest BCUT2D eigenvalue weighted by Gasteiger charge is -2.18. The summed E-state index contributed by atoms with van der Waals surface area (Å²) < 4.78 is 16.6. The average molecular weight is 751 g/mol. The van der Waals surface area contributed by atoms with Gasteiger partial charge in [-0.05, 0) is 19.3 Å². The molecule has 0 rings (SSSR count). The standard InChI is InChI=1S/C47H90O6/c1-4-7-10-13-15-17-19-21-22-23-24-25-26-28-30-32-35-37-40-46(49)52-43-44(53-47(50)41-38-33-12-9-6-3)42-51-45(48)39-36-34-31-29-27-20-18-16-14-11-8-5-2/h44H,4-43H2,1-3H3/t44-/m0/s1. The molecule has 0 saturated carbocycles. The van der Waals surface area contributed by atoms with E-state index in [0.29, 0.717) is 19.3 Å². The third kappa shape index (κ3) is 41.4. The third-order valence-electron chi connectivity index (χ3n) is 10.6. The van der Waals surface area contributed by atoms with E-state index in [4.69, 9.17) is 14.2 Å². The molecule has 0 unspecified atom stereocenters. The van der Waals surface area contributed by atoms with Crippen molar-refractivity contribution >= 4 is 17.9 Å². The zero-order valence-corrected chi connectivity index (χ0v) is 35.8. The van der Waals surface area contributed by atoms with Crippen molar-refractivity contribution in [2.45, 2.75) is 271 Å². The van der Waals surface area contributed by atoms with Gasteiger partial charge < -0.3 is 14.2 Å². The lowest BCUT2D eigenvalue weighted by atomic mass is 10.0. The normalized spacial score (nSPS) is 11.8. The second kappa shape index (κ2) is 43.1. The first kappa shape index (κ1) is 51.4. The van der Waals surface area contributed by atoms with Crippen LogP contribution in [0.4, 0.5) is 0 Å². The van der Waals surface area contributed by atoms with Crippen LogP contribution < -0.4 is 0 Å². The fourth-order valence-corrected chi connectivity index (χ4v) is 7.03. The Morgan fingerprint density at radius 3 is 0.755 bits per heavy atom. The highest BCUT2D eigenvalue weighted by Gasteiger charge is 2.19. The van der Waals surface area contributed by atoms with Crippen molar-refractivity contribution in [1.82, 2.24) is 0 Å². The largest absolute Gasteiger partial charge is 0.462 e. The van der Waals surface area contributed by atoms with E-state index in [9.17, 15) is 14.4 Å². The first-order valence-corrected chi connectivity index (χ1v) is 23.5. The van der Waals surface area contributed by atoms with Crippen LogP contribution in [-0.4, -0.2) is 37.2 Å². The van der Waals surface area contributed by atoms with Crippen LogP contribution in [0.2, 0.25) is 0 Å². The van der Waals surface area contributed by atoms with E-state index in [1.165, 1.54) is 161 Å². The van der Waals surface area contributed by atoms with Gasteiger partial charge in [0, 0.05) is 19.3 Å². The topological polar surface area (TPSA) is 78.9 Å². The van der Waals surface area contributed by atoms with Crippen LogP contribution in [0.15, 0.2) is 0 Å². The van der Waals surface area contributed by atoms with Crippen LogP contribution in [0.3, 0.4) is 0 Å². The minimum atomic E-state index is -0.756. The Labute approximate surface area is 329 Å². The number of ether oxygens (including phenoxy) is 3. The molecule has 53 heavy (non-hydrogen) atoms. The molecule has 6 nitrogen and oxygen atoms in total. The zero-order chi connectivity index (χ0) is 38.7. The van der Waals surface area contributed by atoms with Crippen molar-refractivity contribution in [3.05, 3.63) is 0 Å². The quantitative estimate of drug-likeness (QED) is 0.0351. The average Bonchev–Trinajstić information content (AvgIpc) is 3.15. The minimum Gasteiger partial charge on any atom is -0.462 e. The monoisotopic (exact) mass is 751 g/mol. The molecule has 0 aromatic carbocycles. The molecule has 0 saturated heterocycles. The molecule has 0 bridgehead atoms. The van der Waals surface area contributed by atoms with Gasteiger partial charge in [0.15, 0.2) is 6.10 Å². The van der Waals surface area contributed by atoms with Gasteiger partial charge in [-0.25, -0.2) is 0 Å². The molecule has 1 atom stereocenters. The Morgan fingerprint density at radius 2 is 0.509 bits per heavy atom. The molecule has 0 aliphatic rings. The van der Waals surface area contributed by atoms with E-state index in [1.54, 1.807) is 0 Å². The Hall–Kier alpha value is -1.59. The summed E-state index contributed by atoms with van der Waals surface area (Å²) in [4.78, 5) is 37.5. The maximum Gasteiger partial charge on any atom is 0.306 e. The zero-order valence-electron chi connectivity index (χ0n) is 35.8. The maximum absolute atomic E-state index is 12.5. The van der Waals surface area contributed by atoms with Crippen LogP contribution in [-0.2, 0) is 28.6 Å². The molecule has 0 aliphatic carbocycles. The van der Waals surface area contributed by atoms with Crippen molar-refractivity contribution < 1.29 is 28.6 Å². The predicted octanol–water partition coefficient (Wildman–Crippen LogP) is 14.9. The number of carbonyl (C=O) groups excluding carboxylic acids is 3. The van der Waals surface area contributed by atoms with E-state index in [0.717, 1.165) is 64.2 Å². The second-order valence-corrected chi connectivity index (χ2v) is 16.0. The third-order valence-corrected chi connectivity index (χ3v) is 10.6. The molecule has 0 aliphatic heterocycles. The number of carbonyl (C=O) groups is 3. The lowest BCUT2D eigenvalue weighted by molar-refractivity contribution is -0.167. The minimum absolute atomic E-state index is 0.0641. The Balaban J connectivity index is 4.07. The Morgan fingerprint density at radius 1 is 0.302 bits per heavy atom. The molecule has 6 heteroatoms. The molecule has 0 heterocycles. The summed E-state index contributed by atoms with van der Waals surface area (Å²) in [6.07, 6.45) is 44.1. The molecular formula is C47H90O6. The highest BCUT2D eigenvalue weighted by Crippen LogP contribution is 2.16. The Bertz CT molecular complexity index is 783. The number of esters is 3. The van der Waals surface area contributed by atoms with Gasteiger partial charge in [0.1, 0.15) is 13.2 Å². The molecule has 0 aromatic heterocycles. The SMILES string of the molecule is CCCCCCCCCCCCCCCCCCCCC(=O)OC[C@H](COC(=O)CCCCCCCCCCCCCC)OC(=O)CCCCCCC. The molecular weight excluding hydrogens is 661 g/mol. The van der Waals surface area contributed by atoms with Crippen molar-refractivity contribution in [3.8, 4) is 0 Å². The molecule has 0 N–H and O–H groups in total. The fourth-order valence-electron chi connectivity index (χ4n) is 7.03. The van der Waals surface area contributed by atoms with Gasteiger partial charge in [0.05, 0.1) is 0 Å². The summed E-state index contributed by atoms with van der Waals surface area (Å²) >= 11 is 0. The molecule has 0 fully saturated rings. The van der Waals surface area contributed by atoms with Gasteiger partial charge in [-0.3, -0.25) is 14.4 Å². The number of rotatable bonds is 43. The van der Waals surface area contributed by atoms with E-state index >= 15 is 0 Å². The predicted molar refractivity (Wildman–Crippen MR) is 224 cm³/mol. The summed E-state index contributed by atoms with van der Waals surface area (Å²) in [6.45, 7) is 6.58. The van der Waals surface area contributed by atoms with Gasteiger partial charge in [-0.15, -0.1) is 0 Å². The maximum atomic E-state index is 12.5. The van der Waals surface area contributed by atoms with Crippen LogP contribution in [0, 0.1) is 0 Å². The van der Waals surface area contributed by atoms with Gasteiger partial charge in [-0.1, -0.05) is 226 Å². The Kier molecular flexibility index (Phi) is 41.8. The van der Waals surface area contributed by atoms with Crippen LogP contribution >= 0.6 is 0 Å². The van der Waals surface area contributed by atoms with E-state index in [-0.39, 0.29) is 31.1 Å². The van der Waals surface area contributed by atoms with E-state index in [1.807, 2.05) is 0 Å². The fraction of sp³-hybridized carbons (Fsp3) is 0.936. The molecule has 0 spiro atoms. The van der Waals surface area contributed by atoms with Gasteiger partial charge in [0.25, 0.3) is 0 Å². The lowest BCUT2D eigenvalue weighted by Crippen LogP contribution is -2.30. The van der Waals surface area contributed by atoms with Crippen LogP contribution in [0.25, 0.3) is 0 Å². The highest BCUT2D eigenvalue weighted by molar-refractivity contribution is 5.71. The number of unbranched alkanes of at least 4 members (excludes halogenated alkanes) is 32. The van der Waals surface area contributed by atoms with Crippen LogP contribution in [0.5, 0.6) is 0 Å². The molecule has 0 radical (unpaired) electrons.